The predicted molar refractivity (Wildman–Crippen MR) is 163 cm³/mol. The minimum Gasteiger partial charge on any atom is -0.462 e. The fourth-order valence-corrected chi connectivity index (χ4v) is 7.94. The van der Waals surface area contributed by atoms with Crippen LogP contribution in [0.2, 0.25) is 0 Å². The zero-order chi connectivity index (χ0) is 31.1. The van der Waals surface area contributed by atoms with Crippen molar-refractivity contribution < 1.29 is 38.7 Å². The summed E-state index contributed by atoms with van der Waals surface area (Å²) >= 11 is 0. The zero-order valence-corrected chi connectivity index (χ0v) is 27.0. The van der Waals surface area contributed by atoms with Crippen molar-refractivity contribution in [2.45, 2.75) is 128 Å². The number of aliphatic hydroxyl groups is 2. The van der Waals surface area contributed by atoms with E-state index in [1.807, 2.05) is 12.2 Å². The van der Waals surface area contributed by atoms with Crippen LogP contribution < -0.4 is 0 Å². The van der Waals surface area contributed by atoms with Gasteiger partial charge in [0.2, 0.25) is 0 Å². The maximum Gasteiger partial charge on any atom is 0.316 e. The molecule has 0 aromatic rings. The SMILES string of the molecule is CC[C@H](C)[C@H]1O[C@]2(CC[C@@H]1C)C[C@@H]1C[C@@H](C/C=C(\C)[C@@H](OC)[C@@H](C)/C=C/C=C3\CO[C@@H]4[C@H](O)C(C)=C[C@@H](C(=O)O1)[C@]34O)O2. The Morgan fingerprint density at radius 2 is 1.93 bits per heavy atom. The van der Waals surface area contributed by atoms with E-state index in [2.05, 4.69) is 40.7 Å². The number of aliphatic hydroxyl groups excluding tert-OH is 1. The lowest BCUT2D eigenvalue weighted by Crippen LogP contribution is -2.58. The van der Waals surface area contributed by atoms with Crippen LogP contribution in [0.25, 0.3) is 0 Å². The van der Waals surface area contributed by atoms with E-state index in [0.29, 0.717) is 42.2 Å². The second-order valence-corrected chi connectivity index (χ2v) is 13.8. The molecule has 0 radical (unpaired) electrons. The average Bonchev–Trinajstić information content (AvgIpc) is 3.31. The number of esters is 1. The maximum atomic E-state index is 14.0. The third-order valence-electron chi connectivity index (χ3n) is 10.7. The monoisotopic (exact) mass is 600 g/mol. The van der Waals surface area contributed by atoms with Crippen LogP contribution >= 0.6 is 0 Å². The largest absolute Gasteiger partial charge is 0.462 e. The minimum absolute atomic E-state index is 0.0458. The van der Waals surface area contributed by atoms with E-state index in [9.17, 15) is 15.0 Å². The molecule has 3 saturated heterocycles. The fraction of sp³-hybridized carbons (Fsp3) is 0.743. The van der Waals surface area contributed by atoms with Gasteiger partial charge in [-0.15, -0.1) is 0 Å². The molecule has 2 bridgehead atoms. The Morgan fingerprint density at radius 3 is 2.65 bits per heavy atom. The average molecular weight is 601 g/mol. The Balaban J connectivity index is 1.54. The van der Waals surface area contributed by atoms with Gasteiger partial charge in [0.05, 0.1) is 24.9 Å². The van der Waals surface area contributed by atoms with Crippen LogP contribution in [0.5, 0.6) is 0 Å². The van der Waals surface area contributed by atoms with Gasteiger partial charge >= 0.3 is 5.97 Å². The van der Waals surface area contributed by atoms with Crippen LogP contribution in [0.1, 0.15) is 80.1 Å². The summed E-state index contributed by atoms with van der Waals surface area (Å²) in [4.78, 5) is 14.0. The van der Waals surface area contributed by atoms with E-state index in [4.69, 9.17) is 23.7 Å². The highest BCUT2D eigenvalue weighted by atomic mass is 16.7. The molecule has 8 heteroatoms. The third kappa shape index (κ3) is 6.21. The normalized spacial score (nSPS) is 47.8. The number of hydrogen-bond acceptors (Lipinski definition) is 8. The molecular weight excluding hydrogens is 548 g/mol. The molecule has 1 aliphatic carbocycles. The smallest absolute Gasteiger partial charge is 0.316 e. The highest BCUT2D eigenvalue weighted by Gasteiger charge is 2.60. The van der Waals surface area contributed by atoms with Gasteiger partial charge in [0.15, 0.2) is 5.79 Å². The van der Waals surface area contributed by atoms with Crippen LogP contribution in [0.15, 0.2) is 47.1 Å². The first kappa shape index (κ1) is 32.6. The predicted octanol–water partition coefficient (Wildman–Crippen LogP) is 5.19. The molecule has 43 heavy (non-hydrogen) atoms. The van der Waals surface area contributed by atoms with Gasteiger partial charge in [0, 0.05) is 32.3 Å². The quantitative estimate of drug-likeness (QED) is 0.337. The summed E-state index contributed by atoms with van der Waals surface area (Å²) in [6.07, 6.45) is 11.2. The van der Waals surface area contributed by atoms with Gasteiger partial charge in [-0.05, 0) is 55.2 Å². The number of carbonyl (C=O) groups excluding carboxylic acids is 1. The van der Waals surface area contributed by atoms with Gasteiger partial charge in [0.1, 0.15) is 29.8 Å². The summed E-state index contributed by atoms with van der Waals surface area (Å²) in [6, 6.07) is 0. The van der Waals surface area contributed by atoms with Gasteiger partial charge in [0.25, 0.3) is 0 Å². The van der Waals surface area contributed by atoms with Crippen molar-refractivity contribution in [3.63, 3.8) is 0 Å². The van der Waals surface area contributed by atoms with Gasteiger partial charge in [-0.3, -0.25) is 4.79 Å². The molecule has 5 rings (SSSR count). The van der Waals surface area contributed by atoms with Crippen molar-refractivity contribution in [3.05, 3.63) is 47.1 Å². The maximum absolute atomic E-state index is 14.0. The molecule has 12 atom stereocenters. The van der Waals surface area contributed by atoms with Crippen LogP contribution in [-0.4, -0.2) is 77.9 Å². The van der Waals surface area contributed by atoms with Crippen LogP contribution in [0.4, 0.5) is 0 Å². The first-order valence-electron chi connectivity index (χ1n) is 16.3. The molecule has 4 aliphatic heterocycles. The van der Waals surface area contributed by atoms with E-state index < -0.39 is 41.6 Å². The van der Waals surface area contributed by atoms with Crippen molar-refractivity contribution in [1.82, 2.24) is 0 Å². The summed E-state index contributed by atoms with van der Waals surface area (Å²) in [5.74, 6) is -1.54. The Morgan fingerprint density at radius 1 is 1.16 bits per heavy atom. The first-order valence-corrected chi connectivity index (χ1v) is 16.3. The lowest BCUT2D eigenvalue weighted by molar-refractivity contribution is -0.340. The molecule has 0 amide bonds. The number of ether oxygens (including phenoxy) is 5. The van der Waals surface area contributed by atoms with Gasteiger partial charge in [-0.1, -0.05) is 64.5 Å². The van der Waals surface area contributed by atoms with Crippen LogP contribution in [0, 0.1) is 23.7 Å². The Bertz CT molecular complexity index is 1150. The molecule has 4 heterocycles. The highest BCUT2D eigenvalue weighted by Crippen LogP contribution is 2.48. The van der Waals surface area contributed by atoms with Crippen molar-refractivity contribution in [2.24, 2.45) is 23.7 Å². The molecular formula is C35H52O8. The van der Waals surface area contributed by atoms with Crippen molar-refractivity contribution in [3.8, 4) is 0 Å². The highest BCUT2D eigenvalue weighted by molar-refractivity contribution is 5.78. The minimum atomic E-state index is -1.72. The zero-order valence-electron chi connectivity index (χ0n) is 27.0. The van der Waals surface area contributed by atoms with Gasteiger partial charge in [-0.25, -0.2) is 0 Å². The Kier molecular flexibility index (Phi) is 9.77. The second-order valence-electron chi connectivity index (χ2n) is 13.8. The van der Waals surface area contributed by atoms with E-state index in [1.54, 1.807) is 26.2 Å². The number of hydrogen-bond donors (Lipinski definition) is 2. The number of carbonyl (C=O) groups is 1. The molecule has 3 fully saturated rings. The Labute approximate surface area is 257 Å². The van der Waals surface area contributed by atoms with E-state index >= 15 is 0 Å². The molecule has 240 valence electrons. The van der Waals surface area contributed by atoms with Crippen LogP contribution in [0.3, 0.4) is 0 Å². The molecule has 8 nitrogen and oxygen atoms in total. The van der Waals surface area contributed by atoms with Crippen molar-refractivity contribution >= 4 is 5.97 Å². The molecule has 0 aromatic heterocycles. The lowest BCUT2D eigenvalue weighted by atomic mass is 9.71. The third-order valence-corrected chi connectivity index (χ3v) is 10.7. The van der Waals surface area contributed by atoms with Crippen molar-refractivity contribution in [1.29, 1.82) is 0 Å². The van der Waals surface area contributed by atoms with Gasteiger partial charge in [-0.2, -0.15) is 0 Å². The van der Waals surface area contributed by atoms with E-state index in [-0.39, 0.29) is 30.8 Å². The van der Waals surface area contributed by atoms with Crippen LogP contribution in [-0.2, 0) is 28.5 Å². The summed E-state index contributed by atoms with van der Waals surface area (Å²) in [5, 5.41) is 23.1. The summed E-state index contributed by atoms with van der Waals surface area (Å²) in [7, 11) is 1.72. The number of allylic oxidation sites excluding steroid dienone is 2. The lowest BCUT2D eigenvalue weighted by Gasteiger charge is -2.51. The molecule has 0 aromatic carbocycles. The molecule has 1 spiro atoms. The fourth-order valence-electron chi connectivity index (χ4n) is 7.94. The number of rotatable bonds is 3. The second kappa shape index (κ2) is 12.9. The Hall–Kier alpha value is -1.81. The molecule has 0 unspecified atom stereocenters. The number of fused-ring (bicyclic) bond motifs is 2. The standard InChI is InChI=1S/C35H52O8/c1-8-20(2)31-23(5)14-15-34(43-31)18-27-17-26(42-34)13-12-22(4)30(39-7)21(3)10-9-11-25-19-40-32-29(36)24(6)16-28(33(37)41-27)35(25,32)38/h9-12,16,20-21,23,26-32,36,38H,8,13-15,17-19H2,1-7H3/b10-9+,22-12+,25-11+/t20-,21-,23-,26+,27-,28-,29+,30-,31+,32+,34+,35+/m0/s1. The number of methoxy groups -OCH3 is 1. The molecule has 0 saturated carbocycles. The summed E-state index contributed by atoms with van der Waals surface area (Å²) < 4.78 is 31.8. The van der Waals surface area contributed by atoms with Crippen molar-refractivity contribution in [2.75, 3.05) is 13.7 Å². The van der Waals surface area contributed by atoms with E-state index in [1.165, 1.54) is 0 Å². The molecule has 2 N–H and O–H groups in total. The molecule has 5 aliphatic rings. The summed E-state index contributed by atoms with van der Waals surface area (Å²) in [5.41, 5.74) is 0.507. The summed E-state index contributed by atoms with van der Waals surface area (Å²) in [6.45, 7) is 12.7. The van der Waals surface area contributed by atoms with E-state index in [0.717, 1.165) is 24.8 Å². The van der Waals surface area contributed by atoms with Gasteiger partial charge < -0.3 is 33.9 Å². The first-order chi connectivity index (χ1) is 20.4. The topological polar surface area (TPSA) is 104 Å².